The second-order valence-electron chi connectivity index (χ2n) is 5.24. The first-order chi connectivity index (χ1) is 9.67. The number of nitrogens with zero attached hydrogens (tertiary/aromatic N) is 1. The molecule has 0 bridgehead atoms. The Morgan fingerprint density at radius 2 is 2.00 bits per heavy atom. The highest BCUT2D eigenvalue weighted by Crippen LogP contribution is 2.34. The van der Waals surface area contributed by atoms with Crippen molar-refractivity contribution in [3.8, 4) is 0 Å². The van der Waals surface area contributed by atoms with E-state index in [1.54, 1.807) is 6.92 Å². The third-order valence-electron chi connectivity index (χ3n) is 3.95. The van der Waals surface area contributed by atoms with E-state index in [1.807, 2.05) is 13.1 Å². The SMILES string of the molecule is CCOC(=O)C1=CN2CCCC[C@@H]2[C@H](C(=O)OCC)C1. The van der Waals surface area contributed by atoms with Gasteiger partial charge < -0.3 is 14.4 Å². The van der Waals surface area contributed by atoms with Gasteiger partial charge in [-0.1, -0.05) is 0 Å². The summed E-state index contributed by atoms with van der Waals surface area (Å²) >= 11 is 0. The first-order valence-electron chi connectivity index (χ1n) is 7.47. The lowest BCUT2D eigenvalue weighted by molar-refractivity contribution is -0.151. The number of rotatable bonds is 4. The minimum atomic E-state index is -0.314. The molecule has 5 nitrogen and oxygen atoms in total. The molecular formula is C15H23NO4. The van der Waals surface area contributed by atoms with E-state index >= 15 is 0 Å². The molecule has 1 saturated heterocycles. The number of carbonyl (C=O) groups excluding carboxylic acids is 2. The Kier molecular flexibility index (Phi) is 5.04. The summed E-state index contributed by atoms with van der Waals surface area (Å²) in [5, 5.41) is 0. The summed E-state index contributed by atoms with van der Waals surface area (Å²) < 4.78 is 10.2. The average Bonchev–Trinajstić information content (AvgIpc) is 2.46. The molecule has 0 spiro atoms. The van der Waals surface area contributed by atoms with Crippen molar-refractivity contribution in [2.75, 3.05) is 19.8 Å². The zero-order valence-electron chi connectivity index (χ0n) is 12.3. The second-order valence-corrected chi connectivity index (χ2v) is 5.24. The summed E-state index contributed by atoms with van der Waals surface area (Å²) in [6.07, 6.45) is 5.52. The molecule has 0 aromatic heterocycles. The quantitative estimate of drug-likeness (QED) is 0.736. The minimum absolute atomic E-state index is 0.168. The molecule has 112 valence electrons. The van der Waals surface area contributed by atoms with Gasteiger partial charge in [0.15, 0.2) is 0 Å². The van der Waals surface area contributed by atoms with E-state index < -0.39 is 0 Å². The molecule has 2 rings (SSSR count). The van der Waals surface area contributed by atoms with Crippen LogP contribution in [0.2, 0.25) is 0 Å². The first kappa shape index (κ1) is 14.9. The topological polar surface area (TPSA) is 55.8 Å². The summed E-state index contributed by atoms with van der Waals surface area (Å²) in [7, 11) is 0. The predicted molar refractivity (Wildman–Crippen MR) is 73.8 cm³/mol. The molecular weight excluding hydrogens is 258 g/mol. The lowest BCUT2D eigenvalue weighted by Crippen LogP contribution is -2.47. The van der Waals surface area contributed by atoms with Crippen molar-refractivity contribution in [1.29, 1.82) is 0 Å². The van der Waals surface area contributed by atoms with Crippen LogP contribution in [0.15, 0.2) is 11.8 Å². The van der Waals surface area contributed by atoms with Gasteiger partial charge in [0.05, 0.1) is 24.7 Å². The van der Waals surface area contributed by atoms with E-state index in [0.29, 0.717) is 25.2 Å². The maximum atomic E-state index is 12.2. The van der Waals surface area contributed by atoms with E-state index in [2.05, 4.69) is 4.90 Å². The highest BCUT2D eigenvalue weighted by atomic mass is 16.5. The zero-order valence-corrected chi connectivity index (χ0v) is 12.3. The molecule has 2 aliphatic rings. The molecule has 0 aromatic carbocycles. The highest BCUT2D eigenvalue weighted by Gasteiger charge is 2.39. The number of piperidine rings is 1. The number of carbonyl (C=O) groups is 2. The van der Waals surface area contributed by atoms with Crippen LogP contribution in [0.3, 0.4) is 0 Å². The van der Waals surface area contributed by atoms with E-state index in [0.717, 1.165) is 25.8 Å². The van der Waals surface area contributed by atoms with E-state index in [-0.39, 0.29) is 23.9 Å². The molecule has 0 aliphatic carbocycles. The van der Waals surface area contributed by atoms with E-state index in [4.69, 9.17) is 9.47 Å². The number of hydrogen-bond acceptors (Lipinski definition) is 5. The second kappa shape index (κ2) is 6.77. The van der Waals surface area contributed by atoms with Crippen LogP contribution < -0.4 is 0 Å². The fraction of sp³-hybridized carbons (Fsp3) is 0.733. The van der Waals surface area contributed by atoms with Gasteiger partial charge in [-0.3, -0.25) is 4.79 Å². The molecule has 0 saturated carbocycles. The third-order valence-corrected chi connectivity index (χ3v) is 3.95. The largest absolute Gasteiger partial charge is 0.466 e. The van der Waals surface area contributed by atoms with Crippen molar-refractivity contribution < 1.29 is 19.1 Å². The summed E-state index contributed by atoms with van der Waals surface area (Å²) in [5.41, 5.74) is 0.586. The highest BCUT2D eigenvalue weighted by molar-refractivity contribution is 5.90. The fourth-order valence-corrected chi connectivity index (χ4v) is 3.05. The number of esters is 2. The molecule has 5 heteroatoms. The Labute approximate surface area is 119 Å². The molecule has 0 unspecified atom stereocenters. The molecule has 0 aromatic rings. The van der Waals surface area contributed by atoms with Gasteiger partial charge in [-0.05, 0) is 39.5 Å². The normalized spacial score (nSPS) is 25.5. The summed E-state index contributed by atoms with van der Waals surface area (Å²) in [6.45, 7) is 5.21. The molecule has 0 amide bonds. The van der Waals surface area contributed by atoms with Gasteiger partial charge in [0.2, 0.25) is 0 Å². The number of ether oxygens (including phenoxy) is 2. The summed E-state index contributed by atoms with van der Waals surface area (Å²) in [5.74, 6) is -0.759. The standard InChI is InChI=1S/C15H23NO4/c1-3-19-14(17)11-9-12(15(18)20-4-2)13-7-5-6-8-16(13)10-11/h10,12-13H,3-9H2,1-2H3/t12-,13-/m1/s1. The Morgan fingerprint density at radius 3 is 2.70 bits per heavy atom. The van der Waals surface area contributed by atoms with Crippen LogP contribution in [0.4, 0.5) is 0 Å². The zero-order chi connectivity index (χ0) is 14.5. The molecule has 20 heavy (non-hydrogen) atoms. The molecule has 1 fully saturated rings. The van der Waals surface area contributed by atoms with Gasteiger partial charge in [-0.15, -0.1) is 0 Å². The van der Waals surface area contributed by atoms with Gasteiger partial charge in [0.1, 0.15) is 0 Å². The van der Waals surface area contributed by atoms with Gasteiger partial charge in [0, 0.05) is 18.8 Å². The van der Waals surface area contributed by atoms with Crippen molar-refractivity contribution in [2.24, 2.45) is 5.92 Å². The van der Waals surface area contributed by atoms with Gasteiger partial charge in [0.25, 0.3) is 0 Å². The van der Waals surface area contributed by atoms with E-state index in [1.165, 1.54) is 0 Å². The Bertz CT molecular complexity index is 405. The molecule has 2 aliphatic heterocycles. The fourth-order valence-electron chi connectivity index (χ4n) is 3.05. The Balaban J connectivity index is 2.18. The molecule has 2 heterocycles. The maximum absolute atomic E-state index is 12.2. The van der Waals surface area contributed by atoms with Crippen LogP contribution >= 0.6 is 0 Å². The number of fused-ring (bicyclic) bond motifs is 1. The van der Waals surface area contributed by atoms with Gasteiger partial charge in [-0.25, -0.2) is 4.79 Å². The van der Waals surface area contributed by atoms with Crippen LogP contribution in [0.5, 0.6) is 0 Å². The summed E-state index contributed by atoms with van der Waals surface area (Å²) in [4.78, 5) is 26.2. The van der Waals surface area contributed by atoms with Crippen LogP contribution in [-0.4, -0.2) is 42.6 Å². The monoisotopic (exact) mass is 281 g/mol. The smallest absolute Gasteiger partial charge is 0.335 e. The first-order valence-corrected chi connectivity index (χ1v) is 7.47. The molecule has 0 N–H and O–H groups in total. The predicted octanol–water partition coefficient (Wildman–Crippen LogP) is 1.87. The minimum Gasteiger partial charge on any atom is -0.466 e. The van der Waals surface area contributed by atoms with E-state index in [9.17, 15) is 9.59 Å². The van der Waals surface area contributed by atoms with Gasteiger partial charge in [-0.2, -0.15) is 0 Å². The van der Waals surface area contributed by atoms with Crippen molar-refractivity contribution in [2.45, 2.75) is 45.6 Å². The van der Waals surface area contributed by atoms with Crippen LogP contribution in [0.25, 0.3) is 0 Å². The average molecular weight is 281 g/mol. The third kappa shape index (κ3) is 3.14. The van der Waals surface area contributed by atoms with Crippen LogP contribution in [0.1, 0.15) is 39.5 Å². The lowest BCUT2D eigenvalue weighted by Gasteiger charge is -2.42. The van der Waals surface area contributed by atoms with Crippen molar-refractivity contribution in [1.82, 2.24) is 4.90 Å². The van der Waals surface area contributed by atoms with Gasteiger partial charge >= 0.3 is 11.9 Å². The van der Waals surface area contributed by atoms with Crippen molar-refractivity contribution in [3.05, 3.63) is 11.8 Å². The Hall–Kier alpha value is -1.52. The lowest BCUT2D eigenvalue weighted by atomic mass is 9.83. The van der Waals surface area contributed by atoms with Crippen LogP contribution in [-0.2, 0) is 19.1 Å². The Morgan fingerprint density at radius 1 is 1.25 bits per heavy atom. The van der Waals surface area contributed by atoms with Crippen molar-refractivity contribution in [3.63, 3.8) is 0 Å². The molecule has 2 atom stereocenters. The molecule has 0 radical (unpaired) electrons. The van der Waals surface area contributed by atoms with Crippen molar-refractivity contribution >= 4 is 11.9 Å². The van der Waals surface area contributed by atoms with Crippen LogP contribution in [0, 0.1) is 5.92 Å². The number of hydrogen-bond donors (Lipinski definition) is 0. The summed E-state index contributed by atoms with van der Waals surface area (Å²) in [6, 6.07) is 0.168. The maximum Gasteiger partial charge on any atom is 0.335 e.